The summed E-state index contributed by atoms with van der Waals surface area (Å²) < 4.78 is 0. The van der Waals surface area contributed by atoms with Crippen LogP contribution in [0.5, 0.6) is 0 Å². The summed E-state index contributed by atoms with van der Waals surface area (Å²) in [5, 5.41) is 7.42. The van der Waals surface area contributed by atoms with E-state index in [4.69, 9.17) is 9.90 Å². The molecule has 0 aromatic heterocycles. The van der Waals surface area contributed by atoms with Crippen molar-refractivity contribution in [1.82, 2.24) is 0 Å². The Balaban J connectivity index is 0. The van der Waals surface area contributed by atoms with E-state index >= 15 is 0 Å². The van der Waals surface area contributed by atoms with E-state index in [0.29, 0.717) is 0 Å². The average molecular weight is 357 g/mol. The van der Waals surface area contributed by atoms with Gasteiger partial charge in [-0.3, -0.25) is 4.79 Å². The molecular weight excluding hydrogens is 338 g/mol. The number of hydrogen-bond donors (Lipinski definition) is 1. The summed E-state index contributed by atoms with van der Waals surface area (Å²) in [5.41, 5.74) is 0. The molecule has 23 heavy (non-hydrogen) atoms. The van der Waals surface area contributed by atoms with Crippen LogP contribution in [0.25, 0.3) is 0 Å². The van der Waals surface area contributed by atoms with Crippen LogP contribution < -0.4 is 0 Å². The average Bonchev–Trinajstić information content (AvgIpc) is 2.60. The fourth-order valence-corrected chi connectivity index (χ4v) is 1.03. The standard InChI is InChI=1S/3C6H5.C2H4O2.Zn/c3*1-2-4-6-5-3-1;1-2(3)4;/h3*1-5H;1H3,(H,3,4);/q3*-1;;. The molecule has 0 aliphatic carbocycles. The molecule has 0 saturated heterocycles. The molecule has 0 spiro atoms. The second kappa shape index (κ2) is 19.8. The Morgan fingerprint density at radius 1 is 0.609 bits per heavy atom. The molecule has 2 nitrogen and oxygen atoms in total. The van der Waals surface area contributed by atoms with E-state index in [9.17, 15) is 0 Å². The zero-order valence-electron chi connectivity index (χ0n) is 13.2. The van der Waals surface area contributed by atoms with E-state index in [-0.39, 0.29) is 19.5 Å². The molecule has 0 saturated carbocycles. The number of carboxylic acid groups (broad SMARTS) is 1. The second-order valence-electron chi connectivity index (χ2n) is 3.75. The molecule has 3 rings (SSSR count). The number of benzene rings is 3. The van der Waals surface area contributed by atoms with Crippen molar-refractivity contribution in [2.45, 2.75) is 6.92 Å². The fraction of sp³-hybridized carbons (Fsp3) is 0.0500. The van der Waals surface area contributed by atoms with Crippen molar-refractivity contribution in [3.05, 3.63) is 109 Å². The monoisotopic (exact) mass is 355 g/mol. The predicted molar refractivity (Wildman–Crippen MR) is 89.1 cm³/mol. The quantitative estimate of drug-likeness (QED) is 0.474. The first-order chi connectivity index (χ1) is 10.7. The SMILES string of the molecule is CC(=O)O.[Zn].[c-]1ccccc1.[c-]1ccccc1.[c-]1ccccc1. The zero-order valence-corrected chi connectivity index (χ0v) is 16.2. The second-order valence-corrected chi connectivity index (χ2v) is 3.75. The zero-order chi connectivity index (χ0) is 16.3. The van der Waals surface area contributed by atoms with Gasteiger partial charge in [-0.05, 0) is 0 Å². The van der Waals surface area contributed by atoms with Gasteiger partial charge in [0.25, 0.3) is 5.97 Å². The summed E-state index contributed by atoms with van der Waals surface area (Å²) in [6.07, 6.45) is 0. The van der Waals surface area contributed by atoms with Crippen molar-refractivity contribution in [1.29, 1.82) is 0 Å². The molecular formula is C20H19O2Zn-3. The van der Waals surface area contributed by atoms with E-state index in [2.05, 4.69) is 18.2 Å². The van der Waals surface area contributed by atoms with Gasteiger partial charge in [-0.15, -0.1) is 0 Å². The molecule has 0 aliphatic rings. The Hall–Kier alpha value is -2.25. The van der Waals surface area contributed by atoms with Crippen molar-refractivity contribution < 1.29 is 29.4 Å². The first-order valence-corrected chi connectivity index (χ1v) is 6.66. The van der Waals surface area contributed by atoms with Crippen LogP contribution in [0.4, 0.5) is 0 Å². The molecule has 3 heteroatoms. The van der Waals surface area contributed by atoms with Gasteiger partial charge in [0.15, 0.2) is 0 Å². The van der Waals surface area contributed by atoms with Crippen LogP contribution in [0.1, 0.15) is 6.92 Å². The van der Waals surface area contributed by atoms with Crippen LogP contribution in [0.2, 0.25) is 0 Å². The third kappa shape index (κ3) is 25.1. The summed E-state index contributed by atoms with van der Waals surface area (Å²) in [5.74, 6) is -0.833. The summed E-state index contributed by atoms with van der Waals surface area (Å²) in [7, 11) is 0. The van der Waals surface area contributed by atoms with Crippen molar-refractivity contribution in [3.63, 3.8) is 0 Å². The smallest absolute Gasteiger partial charge is 0.300 e. The normalized spacial score (nSPS) is 7.35. The molecule has 116 valence electrons. The number of rotatable bonds is 0. The molecule has 0 atom stereocenters. The van der Waals surface area contributed by atoms with Crippen molar-refractivity contribution in [2.24, 2.45) is 0 Å². The molecule has 3 aromatic rings. The van der Waals surface area contributed by atoms with E-state index in [0.717, 1.165) is 6.92 Å². The third-order valence-electron chi connectivity index (χ3n) is 1.82. The maximum Gasteiger partial charge on any atom is 0.300 e. The largest absolute Gasteiger partial charge is 0.481 e. The van der Waals surface area contributed by atoms with Gasteiger partial charge in [-0.1, -0.05) is 0 Å². The van der Waals surface area contributed by atoms with Crippen LogP contribution in [-0.2, 0) is 24.3 Å². The Bertz CT molecular complexity index is 383. The van der Waals surface area contributed by atoms with Gasteiger partial charge in [0.2, 0.25) is 0 Å². The van der Waals surface area contributed by atoms with Crippen molar-refractivity contribution in [2.75, 3.05) is 0 Å². The minimum atomic E-state index is -0.833. The minimum Gasteiger partial charge on any atom is -0.481 e. The van der Waals surface area contributed by atoms with Crippen LogP contribution in [0.3, 0.4) is 0 Å². The van der Waals surface area contributed by atoms with E-state index in [1.165, 1.54) is 0 Å². The first kappa shape index (κ1) is 23.0. The maximum absolute atomic E-state index is 9.00. The number of aliphatic carboxylic acids is 1. The van der Waals surface area contributed by atoms with Crippen molar-refractivity contribution in [3.8, 4) is 0 Å². The van der Waals surface area contributed by atoms with E-state index in [1.54, 1.807) is 0 Å². The molecule has 0 bridgehead atoms. The third-order valence-corrected chi connectivity index (χ3v) is 1.82. The topological polar surface area (TPSA) is 37.3 Å². The molecule has 0 unspecified atom stereocenters. The maximum atomic E-state index is 9.00. The van der Waals surface area contributed by atoms with Crippen LogP contribution in [0.15, 0.2) is 91.0 Å². The van der Waals surface area contributed by atoms with Crippen LogP contribution in [0, 0.1) is 18.2 Å². The van der Waals surface area contributed by atoms with Crippen molar-refractivity contribution >= 4 is 5.97 Å². The molecule has 0 amide bonds. The molecule has 3 aromatic carbocycles. The first-order valence-electron chi connectivity index (χ1n) is 6.66. The summed E-state index contributed by atoms with van der Waals surface area (Å²) in [4.78, 5) is 9.00. The van der Waals surface area contributed by atoms with Gasteiger partial charge in [-0.25, -0.2) is 0 Å². The van der Waals surface area contributed by atoms with Gasteiger partial charge < -0.3 is 5.11 Å². The Morgan fingerprint density at radius 2 is 0.783 bits per heavy atom. The molecule has 0 radical (unpaired) electrons. The van der Waals surface area contributed by atoms with Crippen LogP contribution >= 0.6 is 0 Å². The molecule has 0 aliphatic heterocycles. The summed E-state index contributed by atoms with van der Waals surface area (Å²) in [6, 6.07) is 37.5. The Labute approximate surface area is 151 Å². The Morgan fingerprint density at radius 3 is 0.826 bits per heavy atom. The van der Waals surface area contributed by atoms with Gasteiger partial charge in [0, 0.05) is 26.4 Å². The Kier molecular flexibility index (Phi) is 19.8. The van der Waals surface area contributed by atoms with E-state index in [1.807, 2.05) is 91.0 Å². The van der Waals surface area contributed by atoms with Gasteiger partial charge in [-0.2, -0.15) is 109 Å². The molecule has 0 fully saturated rings. The molecule has 0 heterocycles. The van der Waals surface area contributed by atoms with Gasteiger partial charge in [0.05, 0.1) is 0 Å². The number of hydrogen-bond acceptors (Lipinski definition) is 1. The predicted octanol–water partition coefficient (Wildman–Crippen LogP) is 4.55. The molecule has 1 N–H and O–H groups in total. The van der Waals surface area contributed by atoms with E-state index < -0.39 is 5.97 Å². The number of carboxylic acids is 1. The fourth-order valence-electron chi connectivity index (χ4n) is 1.03. The van der Waals surface area contributed by atoms with Crippen LogP contribution in [-0.4, -0.2) is 11.1 Å². The number of carbonyl (C=O) groups is 1. The minimum absolute atomic E-state index is 0. The summed E-state index contributed by atoms with van der Waals surface area (Å²) >= 11 is 0. The summed E-state index contributed by atoms with van der Waals surface area (Å²) in [6.45, 7) is 1.08. The van der Waals surface area contributed by atoms with Gasteiger partial charge >= 0.3 is 0 Å². The van der Waals surface area contributed by atoms with Gasteiger partial charge in [0.1, 0.15) is 0 Å².